The molecule has 0 radical (unpaired) electrons. The van der Waals surface area contributed by atoms with Gasteiger partial charge in [-0.05, 0) is 6.07 Å². The van der Waals surface area contributed by atoms with Crippen LogP contribution in [0.4, 0.5) is 14.5 Å². The molecule has 0 saturated heterocycles. The van der Waals surface area contributed by atoms with Crippen molar-refractivity contribution in [2.75, 3.05) is 11.8 Å². The van der Waals surface area contributed by atoms with Crippen LogP contribution >= 0.6 is 0 Å². The number of carbonyl (C=O) groups is 1. The Kier molecular flexibility index (Phi) is 3.63. The minimum Gasteiger partial charge on any atom is -0.478 e. The van der Waals surface area contributed by atoms with E-state index in [0.717, 1.165) is 7.05 Å². The van der Waals surface area contributed by atoms with Crippen LogP contribution in [0.1, 0.15) is 10.4 Å². The first-order valence-electron chi connectivity index (χ1n) is 4.20. The van der Waals surface area contributed by atoms with Gasteiger partial charge in [-0.1, -0.05) is 0 Å². The van der Waals surface area contributed by atoms with Gasteiger partial charge in [-0.3, -0.25) is 4.72 Å². The van der Waals surface area contributed by atoms with E-state index in [4.69, 9.17) is 5.11 Å². The first-order chi connectivity index (χ1) is 7.76. The predicted octanol–water partition coefficient (Wildman–Crippen LogP) is 0.539. The van der Waals surface area contributed by atoms with Gasteiger partial charge in [0, 0.05) is 13.1 Å². The molecule has 9 heteroatoms. The fraction of sp³-hybridized carbons (Fsp3) is 0.125. The molecule has 0 aliphatic rings. The van der Waals surface area contributed by atoms with Gasteiger partial charge in [-0.15, -0.1) is 0 Å². The Morgan fingerprint density at radius 3 is 2.29 bits per heavy atom. The van der Waals surface area contributed by atoms with Crippen molar-refractivity contribution in [3.8, 4) is 0 Å². The van der Waals surface area contributed by atoms with Crippen LogP contribution in [-0.4, -0.2) is 26.5 Å². The third kappa shape index (κ3) is 3.11. The van der Waals surface area contributed by atoms with Crippen LogP contribution in [0, 0.1) is 11.6 Å². The number of benzene rings is 1. The number of halogens is 2. The second-order valence-electron chi connectivity index (χ2n) is 2.93. The van der Waals surface area contributed by atoms with Gasteiger partial charge in [-0.25, -0.2) is 18.3 Å². The molecule has 0 aliphatic carbocycles. The molecule has 0 heterocycles. The quantitative estimate of drug-likeness (QED) is 0.741. The van der Waals surface area contributed by atoms with E-state index < -0.39 is 39.1 Å². The Hall–Kier alpha value is -1.74. The number of carboxylic acids is 1. The average Bonchev–Trinajstić information content (AvgIpc) is 2.22. The molecule has 0 bridgehead atoms. The maximum absolute atomic E-state index is 12.9. The van der Waals surface area contributed by atoms with E-state index in [1.807, 2.05) is 4.72 Å². The van der Waals surface area contributed by atoms with Gasteiger partial charge in [0.15, 0.2) is 11.6 Å². The second kappa shape index (κ2) is 4.63. The normalized spacial score (nSPS) is 11.2. The van der Waals surface area contributed by atoms with Gasteiger partial charge in [0.25, 0.3) is 10.2 Å². The van der Waals surface area contributed by atoms with Crippen LogP contribution in [-0.2, 0) is 10.2 Å². The smallest absolute Gasteiger partial charge is 0.337 e. The number of anilines is 1. The molecule has 1 aromatic carbocycles. The zero-order valence-corrected chi connectivity index (χ0v) is 9.31. The number of nitrogens with one attached hydrogen (secondary N) is 2. The maximum atomic E-state index is 12.9. The summed E-state index contributed by atoms with van der Waals surface area (Å²) in [4.78, 5) is 10.7. The Bertz CT molecular complexity index is 559. The molecule has 0 spiro atoms. The highest BCUT2D eigenvalue weighted by molar-refractivity contribution is 7.90. The molecule has 0 atom stereocenters. The summed E-state index contributed by atoms with van der Waals surface area (Å²) in [6.45, 7) is 0. The largest absolute Gasteiger partial charge is 0.478 e. The summed E-state index contributed by atoms with van der Waals surface area (Å²) >= 11 is 0. The number of hydrogen-bond acceptors (Lipinski definition) is 3. The highest BCUT2D eigenvalue weighted by Gasteiger charge is 2.18. The van der Waals surface area contributed by atoms with Crippen LogP contribution in [0.2, 0.25) is 0 Å². The standard InChI is InChI=1S/C8H8F2N2O4S/c1-11-17(15,16)12-7-3-6(10)5(9)2-4(7)8(13)14/h2-3,11-12H,1H3,(H,13,14). The Morgan fingerprint density at radius 2 is 1.82 bits per heavy atom. The molecule has 94 valence electrons. The molecule has 0 aromatic heterocycles. The monoisotopic (exact) mass is 266 g/mol. The zero-order chi connectivity index (χ0) is 13.2. The van der Waals surface area contributed by atoms with Gasteiger partial charge >= 0.3 is 5.97 Å². The molecule has 0 saturated carbocycles. The molecule has 6 nitrogen and oxygen atoms in total. The average molecular weight is 266 g/mol. The lowest BCUT2D eigenvalue weighted by Crippen LogP contribution is -2.27. The van der Waals surface area contributed by atoms with Crippen molar-refractivity contribution in [2.24, 2.45) is 0 Å². The van der Waals surface area contributed by atoms with Gasteiger partial charge in [0.2, 0.25) is 0 Å². The molecule has 0 amide bonds. The number of hydrogen-bond donors (Lipinski definition) is 3. The summed E-state index contributed by atoms with van der Waals surface area (Å²) in [7, 11) is -2.94. The molecule has 17 heavy (non-hydrogen) atoms. The number of carboxylic acid groups (broad SMARTS) is 1. The summed E-state index contributed by atoms with van der Waals surface area (Å²) in [5.74, 6) is -4.32. The van der Waals surface area contributed by atoms with Crippen molar-refractivity contribution in [3.63, 3.8) is 0 Å². The molecule has 3 N–H and O–H groups in total. The third-order valence-corrected chi connectivity index (χ3v) is 2.83. The molecule has 0 aliphatic heterocycles. The highest BCUT2D eigenvalue weighted by atomic mass is 32.2. The van der Waals surface area contributed by atoms with E-state index in [1.54, 1.807) is 4.72 Å². The molecular formula is C8H8F2N2O4S. The molecule has 1 rings (SSSR count). The van der Waals surface area contributed by atoms with Gasteiger partial charge in [0.05, 0.1) is 11.3 Å². The molecule has 0 fully saturated rings. The number of rotatable bonds is 4. The van der Waals surface area contributed by atoms with Crippen molar-refractivity contribution >= 4 is 21.9 Å². The minimum atomic E-state index is -4.01. The summed E-state index contributed by atoms with van der Waals surface area (Å²) in [5, 5.41) is 8.71. The first-order valence-corrected chi connectivity index (χ1v) is 5.69. The van der Waals surface area contributed by atoms with Crippen molar-refractivity contribution in [1.29, 1.82) is 0 Å². The topological polar surface area (TPSA) is 95.5 Å². The van der Waals surface area contributed by atoms with Gasteiger partial charge < -0.3 is 5.11 Å². The Labute approximate surface area is 95.4 Å². The van der Waals surface area contributed by atoms with E-state index in [0.29, 0.717) is 12.1 Å². The lowest BCUT2D eigenvalue weighted by molar-refractivity contribution is 0.0697. The SMILES string of the molecule is CNS(=O)(=O)Nc1cc(F)c(F)cc1C(=O)O. The summed E-state index contributed by atoms with van der Waals surface area (Å²) in [6, 6.07) is 0.846. The fourth-order valence-electron chi connectivity index (χ4n) is 1.00. The lowest BCUT2D eigenvalue weighted by Gasteiger charge is -2.09. The fourth-order valence-corrected chi connectivity index (χ4v) is 1.56. The van der Waals surface area contributed by atoms with Crippen molar-refractivity contribution in [2.45, 2.75) is 0 Å². The Morgan fingerprint density at radius 1 is 1.29 bits per heavy atom. The van der Waals surface area contributed by atoms with Crippen LogP contribution < -0.4 is 9.44 Å². The van der Waals surface area contributed by atoms with E-state index in [9.17, 15) is 22.0 Å². The van der Waals surface area contributed by atoms with Crippen molar-refractivity contribution < 1.29 is 27.1 Å². The number of aromatic carboxylic acids is 1. The highest BCUT2D eigenvalue weighted by Crippen LogP contribution is 2.20. The molecule has 0 unspecified atom stereocenters. The Balaban J connectivity index is 3.32. The molecular weight excluding hydrogens is 258 g/mol. The summed E-state index contributed by atoms with van der Waals surface area (Å²) < 4.78 is 51.5. The maximum Gasteiger partial charge on any atom is 0.337 e. The third-order valence-electron chi connectivity index (χ3n) is 1.80. The van der Waals surface area contributed by atoms with E-state index in [-0.39, 0.29) is 0 Å². The predicted molar refractivity (Wildman–Crippen MR) is 54.9 cm³/mol. The van der Waals surface area contributed by atoms with Gasteiger partial charge in [-0.2, -0.15) is 8.42 Å². The van der Waals surface area contributed by atoms with Crippen molar-refractivity contribution in [3.05, 3.63) is 29.3 Å². The summed E-state index contributed by atoms with van der Waals surface area (Å²) in [5.41, 5.74) is -1.26. The van der Waals surface area contributed by atoms with Crippen LogP contribution in [0.3, 0.4) is 0 Å². The summed E-state index contributed by atoms with van der Waals surface area (Å²) in [6.07, 6.45) is 0. The minimum absolute atomic E-state index is 0.394. The first kappa shape index (κ1) is 13.3. The van der Waals surface area contributed by atoms with E-state index in [1.165, 1.54) is 0 Å². The van der Waals surface area contributed by atoms with Crippen molar-refractivity contribution in [1.82, 2.24) is 4.72 Å². The van der Waals surface area contributed by atoms with Gasteiger partial charge in [0.1, 0.15) is 0 Å². The van der Waals surface area contributed by atoms with Crippen LogP contribution in [0.15, 0.2) is 12.1 Å². The molecule has 1 aromatic rings. The van der Waals surface area contributed by atoms with E-state index in [2.05, 4.69) is 0 Å². The van der Waals surface area contributed by atoms with Crippen LogP contribution in [0.25, 0.3) is 0 Å². The zero-order valence-electron chi connectivity index (χ0n) is 8.49. The second-order valence-corrected chi connectivity index (χ2v) is 4.55. The lowest BCUT2D eigenvalue weighted by atomic mass is 10.2. The van der Waals surface area contributed by atoms with Crippen LogP contribution in [0.5, 0.6) is 0 Å². The van der Waals surface area contributed by atoms with E-state index >= 15 is 0 Å².